The first-order valence-electron chi connectivity index (χ1n) is 5.15. The van der Waals surface area contributed by atoms with E-state index in [0.29, 0.717) is 17.1 Å². The van der Waals surface area contributed by atoms with Crippen LogP contribution in [0.5, 0.6) is 5.75 Å². The molecule has 0 saturated carbocycles. The van der Waals surface area contributed by atoms with Crippen LogP contribution in [0, 0.1) is 0 Å². The van der Waals surface area contributed by atoms with E-state index in [1.54, 1.807) is 0 Å². The number of methoxy groups -OCH3 is 1. The largest absolute Gasteiger partial charge is 0.494 e. The van der Waals surface area contributed by atoms with Gasteiger partial charge < -0.3 is 10.1 Å². The van der Waals surface area contributed by atoms with Crippen molar-refractivity contribution in [1.29, 1.82) is 0 Å². The number of carbonyl (C=O) groups excluding carboxylic acids is 1. The summed E-state index contributed by atoms with van der Waals surface area (Å²) in [7, 11) is 1.45. The molecule has 2 N–H and O–H groups in total. The number of aromatic nitrogens is 4. The molecule has 0 atom stereocenters. The van der Waals surface area contributed by atoms with Crippen molar-refractivity contribution in [3.63, 3.8) is 0 Å². The van der Waals surface area contributed by atoms with Crippen LogP contribution in [-0.2, 0) is 6.54 Å². The maximum Gasteiger partial charge on any atom is 0.251 e. The highest BCUT2D eigenvalue weighted by Gasteiger charge is 2.13. The topological polar surface area (TPSA) is 92.8 Å². The summed E-state index contributed by atoms with van der Waals surface area (Å²) in [6.45, 7) is 0.149. The summed E-state index contributed by atoms with van der Waals surface area (Å²) in [4.78, 5) is 11.9. The smallest absolute Gasteiger partial charge is 0.251 e. The Morgan fingerprint density at radius 3 is 2.63 bits per heavy atom. The van der Waals surface area contributed by atoms with Gasteiger partial charge in [0.1, 0.15) is 0 Å². The van der Waals surface area contributed by atoms with Crippen LogP contribution in [0.25, 0.3) is 0 Å². The number of hydrogen-bond donors (Lipinski definition) is 2. The highest BCUT2D eigenvalue weighted by atomic mass is 35.5. The van der Waals surface area contributed by atoms with Crippen LogP contribution in [-0.4, -0.2) is 33.6 Å². The van der Waals surface area contributed by atoms with Gasteiger partial charge in [0.05, 0.1) is 23.7 Å². The Morgan fingerprint density at radius 2 is 2.11 bits per heavy atom. The second-order valence-corrected chi connectivity index (χ2v) is 4.30. The zero-order valence-corrected chi connectivity index (χ0v) is 11.3. The van der Waals surface area contributed by atoms with E-state index < -0.39 is 0 Å². The van der Waals surface area contributed by atoms with E-state index in [9.17, 15) is 4.79 Å². The van der Waals surface area contributed by atoms with Crippen LogP contribution in [0.3, 0.4) is 0 Å². The molecule has 1 heterocycles. The Balaban J connectivity index is 2.11. The van der Waals surface area contributed by atoms with Crippen molar-refractivity contribution in [3.05, 3.63) is 33.6 Å². The van der Waals surface area contributed by atoms with Crippen molar-refractivity contribution in [3.8, 4) is 5.75 Å². The fraction of sp³-hybridized carbons (Fsp3) is 0.200. The Kier molecular flexibility index (Phi) is 4.18. The summed E-state index contributed by atoms with van der Waals surface area (Å²) < 4.78 is 5.00. The predicted octanol–water partition coefficient (Wildman–Crippen LogP) is 1.45. The van der Waals surface area contributed by atoms with E-state index in [2.05, 4.69) is 25.9 Å². The SMILES string of the molecule is COc1c(Cl)cc(C(=O)NCc2nn[nH]n2)cc1Cl. The van der Waals surface area contributed by atoms with Crippen molar-refractivity contribution < 1.29 is 9.53 Å². The molecule has 0 aliphatic carbocycles. The summed E-state index contributed by atoms with van der Waals surface area (Å²) in [5, 5.41) is 16.2. The Bertz CT molecular complexity index is 565. The molecule has 0 radical (unpaired) electrons. The number of halogens is 2. The highest BCUT2D eigenvalue weighted by Crippen LogP contribution is 2.33. The molecule has 100 valence electrons. The average molecular weight is 302 g/mol. The number of hydrogen-bond acceptors (Lipinski definition) is 5. The lowest BCUT2D eigenvalue weighted by atomic mass is 10.2. The number of rotatable bonds is 4. The summed E-state index contributed by atoms with van der Waals surface area (Å²) in [6, 6.07) is 2.94. The molecular weight excluding hydrogens is 293 g/mol. The normalized spacial score (nSPS) is 10.3. The van der Waals surface area contributed by atoms with Gasteiger partial charge in [0.25, 0.3) is 5.91 Å². The molecule has 0 unspecified atom stereocenters. The summed E-state index contributed by atoms with van der Waals surface area (Å²) in [5.41, 5.74) is 0.319. The Labute approximate surface area is 118 Å². The standard InChI is InChI=1S/C10H9Cl2N5O2/c1-19-9-6(11)2-5(3-7(9)12)10(18)13-4-8-14-16-17-15-8/h2-3H,4H2,1H3,(H,13,18)(H,14,15,16,17). The minimum Gasteiger partial charge on any atom is -0.494 e. The van der Waals surface area contributed by atoms with E-state index in [1.165, 1.54) is 19.2 Å². The second kappa shape index (κ2) is 5.85. The third-order valence-corrected chi connectivity index (χ3v) is 2.82. The maximum absolute atomic E-state index is 11.9. The first-order chi connectivity index (χ1) is 9.11. The molecule has 0 bridgehead atoms. The molecule has 1 aromatic heterocycles. The lowest BCUT2D eigenvalue weighted by Crippen LogP contribution is -2.23. The fourth-order valence-electron chi connectivity index (χ4n) is 1.40. The number of benzene rings is 1. The van der Waals surface area contributed by atoms with Gasteiger partial charge in [-0.15, -0.1) is 10.2 Å². The number of amides is 1. The van der Waals surface area contributed by atoms with Crippen molar-refractivity contribution in [2.75, 3.05) is 7.11 Å². The highest BCUT2D eigenvalue weighted by molar-refractivity contribution is 6.37. The van der Waals surface area contributed by atoms with Crippen molar-refractivity contribution in [2.45, 2.75) is 6.54 Å². The van der Waals surface area contributed by atoms with Gasteiger partial charge in [0, 0.05) is 5.56 Å². The molecule has 1 amide bonds. The quantitative estimate of drug-likeness (QED) is 0.891. The number of H-pyrrole nitrogens is 1. The maximum atomic E-state index is 11.9. The molecule has 9 heteroatoms. The van der Waals surface area contributed by atoms with Crippen molar-refractivity contribution >= 4 is 29.1 Å². The Morgan fingerprint density at radius 1 is 1.42 bits per heavy atom. The molecule has 0 saturated heterocycles. The zero-order valence-electron chi connectivity index (χ0n) is 9.78. The third-order valence-electron chi connectivity index (χ3n) is 2.26. The van der Waals surface area contributed by atoms with Crippen molar-refractivity contribution in [2.24, 2.45) is 0 Å². The van der Waals surface area contributed by atoms with Gasteiger partial charge >= 0.3 is 0 Å². The van der Waals surface area contributed by atoms with E-state index in [-0.39, 0.29) is 22.5 Å². The molecule has 1 aromatic carbocycles. The number of carbonyl (C=O) groups is 1. The minimum absolute atomic E-state index is 0.149. The van der Waals surface area contributed by atoms with E-state index in [0.717, 1.165) is 0 Å². The number of tetrazole rings is 1. The molecule has 0 aliphatic rings. The summed E-state index contributed by atoms with van der Waals surface area (Å²) in [6.07, 6.45) is 0. The van der Waals surface area contributed by atoms with E-state index in [4.69, 9.17) is 27.9 Å². The van der Waals surface area contributed by atoms with Crippen molar-refractivity contribution in [1.82, 2.24) is 25.9 Å². The van der Waals surface area contributed by atoms with Gasteiger partial charge in [-0.25, -0.2) is 0 Å². The summed E-state index contributed by atoms with van der Waals surface area (Å²) in [5.74, 6) is 0.355. The molecular formula is C10H9Cl2N5O2. The molecule has 2 aromatic rings. The van der Waals surface area contributed by atoms with Gasteiger partial charge in [-0.1, -0.05) is 28.4 Å². The molecule has 0 fully saturated rings. The lowest BCUT2D eigenvalue weighted by Gasteiger charge is -2.08. The molecule has 7 nitrogen and oxygen atoms in total. The number of aromatic amines is 1. The number of ether oxygens (including phenoxy) is 1. The number of nitrogens with zero attached hydrogens (tertiary/aromatic N) is 3. The van der Waals surface area contributed by atoms with Crippen LogP contribution < -0.4 is 10.1 Å². The zero-order chi connectivity index (χ0) is 13.8. The van der Waals surface area contributed by atoms with Gasteiger partial charge in [-0.2, -0.15) is 5.21 Å². The number of nitrogens with one attached hydrogen (secondary N) is 2. The van der Waals surface area contributed by atoms with E-state index in [1.807, 2.05) is 0 Å². The minimum atomic E-state index is -0.351. The molecule has 0 aliphatic heterocycles. The molecule has 19 heavy (non-hydrogen) atoms. The van der Waals surface area contributed by atoms with Crippen LogP contribution in [0.15, 0.2) is 12.1 Å². The van der Waals surface area contributed by atoms with Gasteiger partial charge in [-0.05, 0) is 12.1 Å². The van der Waals surface area contributed by atoms with Gasteiger partial charge in [0.15, 0.2) is 11.6 Å². The van der Waals surface area contributed by atoms with E-state index >= 15 is 0 Å². The van der Waals surface area contributed by atoms with Gasteiger partial charge in [-0.3, -0.25) is 4.79 Å². The first kappa shape index (κ1) is 13.6. The lowest BCUT2D eigenvalue weighted by molar-refractivity contribution is 0.0950. The molecule has 0 spiro atoms. The Hall–Kier alpha value is -1.86. The molecule has 2 rings (SSSR count). The predicted molar refractivity (Wildman–Crippen MR) is 68.4 cm³/mol. The third kappa shape index (κ3) is 3.12. The fourth-order valence-corrected chi connectivity index (χ4v) is 2.05. The monoisotopic (exact) mass is 301 g/mol. The van der Waals surface area contributed by atoms with Gasteiger partial charge in [0.2, 0.25) is 0 Å². The first-order valence-corrected chi connectivity index (χ1v) is 5.91. The van der Waals surface area contributed by atoms with Crippen LogP contribution in [0.2, 0.25) is 10.0 Å². The van der Waals surface area contributed by atoms with Crippen LogP contribution in [0.4, 0.5) is 0 Å². The van der Waals surface area contributed by atoms with Crippen LogP contribution in [0.1, 0.15) is 16.2 Å². The average Bonchev–Trinajstić information content (AvgIpc) is 2.88. The summed E-state index contributed by atoms with van der Waals surface area (Å²) >= 11 is 11.9. The van der Waals surface area contributed by atoms with Crippen LogP contribution >= 0.6 is 23.2 Å². The second-order valence-electron chi connectivity index (χ2n) is 3.48.